The lowest BCUT2D eigenvalue weighted by atomic mass is 10.1. The van der Waals surface area contributed by atoms with Crippen molar-refractivity contribution in [2.45, 2.75) is 12.5 Å². The summed E-state index contributed by atoms with van der Waals surface area (Å²) >= 11 is 12.1. The zero-order valence-electron chi connectivity index (χ0n) is 10.4. The van der Waals surface area contributed by atoms with E-state index in [1.54, 1.807) is 12.1 Å². The number of anilines is 1. The summed E-state index contributed by atoms with van der Waals surface area (Å²) in [6.45, 7) is 0. The first-order valence-electron chi connectivity index (χ1n) is 6.30. The van der Waals surface area contributed by atoms with Crippen LogP contribution in [-0.4, -0.2) is 4.98 Å². The normalized spacial score (nSPS) is 17.2. The van der Waals surface area contributed by atoms with Crippen LogP contribution in [0.5, 0.6) is 0 Å². The highest BCUT2D eigenvalue weighted by atomic mass is 35.5. The molecule has 0 saturated carbocycles. The monoisotopic (exact) mass is 304 g/mol. The molecule has 0 spiro atoms. The van der Waals surface area contributed by atoms with Crippen molar-refractivity contribution in [3.8, 4) is 0 Å². The van der Waals surface area contributed by atoms with E-state index in [0.717, 1.165) is 12.1 Å². The maximum absolute atomic E-state index is 6.13. The van der Waals surface area contributed by atoms with Crippen LogP contribution >= 0.6 is 23.2 Å². The van der Waals surface area contributed by atoms with Crippen molar-refractivity contribution < 1.29 is 4.42 Å². The molecule has 3 aromatic rings. The van der Waals surface area contributed by atoms with Crippen LogP contribution in [0.25, 0.3) is 11.1 Å². The summed E-state index contributed by atoms with van der Waals surface area (Å²) in [7, 11) is 0. The quantitative estimate of drug-likeness (QED) is 0.699. The Morgan fingerprint density at radius 3 is 2.90 bits per heavy atom. The number of para-hydroxylation sites is 1. The molecule has 0 bridgehead atoms. The number of rotatable bonds is 1. The molecule has 100 valence electrons. The van der Waals surface area contributed by atoms with Gasteiger partial charge >= 0.3 is 0 Å². The number of nitrogens with zero attached hydrogens (tertiary/aromatic N) is 1. The lowest BCUT2D eigenvalue weighted by Crippen LogP contribution is -2.05. The van der Waals surface area contributed by atoms with E-state index in [9.17, 15) is 0 Å². The third-order valence-electron chi connectivity index (χ3n) is 3.50. The molecule has 0 radical (unpaired) electrons. The number of benzene rings is 2. The average molecular weight is 305 g/mol. The second kappa shape index (κ2) is 4.40. The fourth-order valence-corrected chi connectivity index (χ4v) is 3.09. The molecule has 0 aliphatic carbocycles. The van der Waals surface area contributed by atoms with E-state index in [1.807, 2.05) is 12.1 Å². The molecule has 1 N–H and O–H groups in total. The number of halogens is 2. The Balaban J connectivity index is 1.76. The summed E-state index contributed by atoms with van der Waals surface area (Å²) in [4.78, 5) is 4.50. The second-order valence-corrected chi connectivity index (χ2v) is 5.69. The van der Waals surface area contributed by atoms with E-state index in [4.69, 9.17) is 27.6 Å². The van der Waals surface area contributed by atoms with Gasteiger partial charge in [-0.15, -0.1) is 0 Å². The predicted molar refractivity (Wildman–Crippen MR) is 80.5 cm³/mol. The Hall–Kier alpha value is -1.71. The molecular formula is C15H10Cl2N2O. The summed E-state index contributed by atoms with van der Waals surface area (Å²) < 4.78 is 5.80. The van der Waals surface area contributed by atoms with Gasteiger partial charge in [-0.1, -0.05) is 41.4 Å². The number of fused-ring (bicyclic) bond motifs is 2. The Morgan fingerprint density at radius 1 is 1.20 bits per heavy atom. The van der Waals surface area contributed by atoms with Gasteiger partial charge in [-0.3, -0.25) is 0 Å². The van der Waals surface area contributed by atoms with Crippen LogP contribution < -0.4 is 5.32 Å². The summed E-state index contributed by atoms with van der Waals surface area (Å²) in [5.41, 5.74) is 3.67. The summed E-state index contributed by atoms with van der Waals surface area (Å²) in [5, 5.41) is 4.46. The Bertz CT molecular complexity index is 788. The minimum Gasteiger partial charge on any atom is -0.437 e. The molecule has 0 amide bonds. The largest absolute Gasteiger partial charge is 0.437 e. The summed E-state index contributed by atoms with van der Waals surface area (Å²) in [6, 6.07) is 11.7. The highest BCUT2D eigenvalue weighted by molar-refractivity contribution is 6.37. The van der Waals surface area contributed by atoms with Gasteiger partial charge in [-0.05, 0) is 23.8 Å². The fourth-order valence-electron chi connectivity index (χ4n) is 2.57. The van der Waals surface area contributed by atoms with Crippen LogP contribution in [0.15, 0.2) is 40.8 Å². The van der Waals surface area contributed by atoms with Crippen LogP contribution in [0.2, 0.25) is 10.0 Å². The SMILES string of the molecule is Clc1cc(Cl)c2oc(C3Cc4ccccc4N3)nc2c1. The van der Waals surface area contributed by atoms with Crippen LogP contribution in [0.4, 0.5) is 5.69 Å². The van der Waals surface area contributed by atoms with Crippen molar-refractivity contribution in [3.05, 3.63) is 57.9 Å². The van der Waals surface area contributed by atoms with Crippen molar-refractivity contribution in [2.75, 3.05) is 5.32 Å². The van der Waals surface area contributed by atoms with Crippen LogP contribution in [-0.2, 0) is 6.42 Å². The molecule has 4 rings (SSSR count). The standard InChI is InChI=1S/C15H10Cl2N2O/c16-9-6-10(17)14-12(7-9)19-15(20-14)13-5-8-3-1-2-4-11(8)18-13/h1-4,6-7,13,18H,5H2. The third-order valence-corrected chi connectivity index (χ3v) is 3.99. The number of hydrogen-bond acceptors (Lipinski definition) is 3. The lowest BCUT2D eigenvalue weighted by Gasteiger charge is -2.05. The molecule has 1 aliphatic rings. The van der Waals surface area contributed by atoms with Crippen molar-refractivity contribution in [3.63, 3.8) is 0 Å². The van der Waals surface area contributed by atoms with Crippen molar-refractivity contribution in [2.24, 2.45) is 0 Å². The minimum absolute atomic E-state index is 0.0367. The first-order chi connectivity index (χ1) is 9.70. The number of nitrogens with one attached hydrogen (secondary N) is 1. The van der Waals surface area contributed by atoms with Crippen molar-refractivity contribution >= 4 is 40.0 Å². The highest BCUT2D eigenvalue weighted by Crippen LogP contribution is 2.36. The molecular weight excluding hydrogens is 295 g/mol. The third kappa shape index (κ3) is 1.86. The van der Waals surface area contributed by atoms with Crippen molar-refractivity contribution in [1.29, 1.82) is 0 Å². The smallest absolute Gasteiger partial charge is 0.218 e. The fraction of sp³-hybridized carbons (Fsp3) is 0.133. The van der Waals surface area contributed by atoms with Crippen LogP contribution in [0, 0.1) is 0 Å². The van der Waals surface area contributed by atoms with E-state index < -0.39 is 0 Å². The maximum Gasteiger partial charge on any atom is 0.218 e. The topological polar surface area (TPSA) is 38.1 Å². The summed E-state index contributed by atoms with van der Waals surface area (Å²) in [6.07, 6.45) is 0.856. The minimum atomic E-state index is 0.0367. The van der Waals surface area contributed by atoms with Crippen LogP contribution in [0.3, 0.4) is 0 Å². The van der Waals surface area contributed by atoms with E-state index in [2.05, 4.69) is 22.4 Å². The number of hydrogen-bond donors (Lipinski definition) is 1. The van der Waals surface area contributed by atoms with Gasteiger partial charge in [-0.25, -0.2) is 4.98 Å². The maximum atomic E-state index is 6.13. The summed E-state index contributed by atoms with van der Waals surface area (Å²) in [5.74, 6) is 0.639. The van der Waals surface area contributed by atoms with Gasteiger partial charge < -0.3 is 9.73 Å². The first kappa shape index (κ1) is 12.1. The first-order valence-corrected chi connectivity index (χ1v) is 7.06. The van der Waals surface area contributed by atoms with E-state index >= 15 is 0 Å². The molecule has 2 aromatic carbocycles. The Kier molecular flexibility index (Phi) is 2.65. The predicted octanol–water partition coefficient (Wildman–Crippen LogP) is 4.84. The molecule has 3 nitrogen and oxygen atoms in total. The number of oxazole rings is 1. The molecule has 0 fully saturated rings. The Morgan fingerprint density at radius 2 is 2.05 bits per heavy atom. The second-order valence-electron chi connectivity index (χ2n) is 4.85. The van der Waals surface area contributed by atoms with E-state index in [-0.39, 0.29) is 6.04 Å². The molecule has 1 unspecified atom stereocenters. The zero-order chi connectivity index (χ0) is 13.7. The van der Waals surface area contributed by atoms with Gasteiger partial charge in [0.05, 0.1) is 5.02 Å². The van der Waals surface area contributed by atoms with Gasteiger partial charge in [-0.2, -0.15) is 0 Å². The van der Waals surface area contributed by atoms with E-state index in [0.29, 0.717) is 27.0 Å². The number of aromatic nitrogens is 1. The van der Waals surface area contributed by atoms with Crippen molar-refractivity contribution in [1.82, 2.24) is 4.98 Å². The highest BCUT2D eigenvalue weighted by Gasteiger charge is 2.26. The lowest BCUT2D eigenvalue weighted by molar-refractivity contribution is 0.497. The molecule has 20 heavy (non-hydrogen) atoms. The molecule has 1 aliphatic heterocycles. The Labute approximate surface area is 125 Å². The zero-order valence-corrected chi connectivity index (χ0v) is 11.9. The van der Waals surface area contributed by atoms with Crippen LogP contribution in [0.1, 0.15) is 17.5 Å². The molecule has 0 saturated heterocycles. The van der Waals surface area contributed by atoms with Gasteiger partial charge in [0.1, 0.15) is 11.6 Å². The van der Waals surface area contributed by atoms with E-state index in [1.165, 1.54) is 5.56 Å². The van der Waals surface area contributed by atoms with Gasteiger partial charge in [0.25, 0.3) is 0 Å². The van der Waals surface area contributed by atoms with Gasteiger partial charge in [0.15, 0.2) is 5.58 Å². The molecule has 1 aromatic heterocycles. The van der Waals surface area contributed by atoms with Gasteiger partial charge in [0.2, 0.25) is 5.89 Å². The molecule has 1 atom stereocenters. The van der Waals surface area contributed by atoms with Gasteiger partial charge in [0, 0.05) is 17.1 Å². The average Bonchev–Trinajstić information content (AvgIpc) is 3.01. The molecule has 2 heterocycles. The molecule has 5 heteroatoms.